The molecular weight excluding hydrogens is 160 g/mol. The molecule has 0 aliphatic rings. The summed E-state index contributed by atoms with van der Waals surface area (Å²) in [5.74, 6) is 0. The van der Waals surface area contributed by atoms with Gasteiger partial charge < -0.3 is 0 Å². The Bertz CT molecular complexity index is 91.4. The van der Waals surface area contributed by atoms with Gasteiger partial charge in [-0.05, 0) is 11.1 Å². The Labute approximate surface area is 71.0 Å². The molecule has 2 heteroatoms. The molecule has 0 bridgehead atoms. The lowest BCUT2D eigenvalue weighted by molar-refractivity contribution is 0.903. The van der Waals surface area contributed by atoms with E-state index in [2.05, 4.69) is 34.2 Å². The summed E-state index contributed by atoms with van der Waals surface area (Å²) in [4.78, 5) is 0. The van der Waals surface area contributed by atoms with Crippen LogP contribution in [0.3, 0.4) is 0 Å². The third-order valence-electron chi connectivity index (χ3n) is 2.93. The Hall–Kier alpha value is 0.507. The van der Waals surface area contributed by atoms with E-state index in [1.54, 1.807) is 0 Å². The van der Waals surface area contributed by atoms with E-state index in [9.17, 15) is 0 Å². The molecule has 0 spiro atoms. The van der Waals surface area contributed by atoms with Crippen LogP contribution in [0.4, 0.5) is 0 Å². The van der Waals surface area contributed by atoms with Crippen molar-refractivity contribution in [2.24, 2.45) is 0 Å². The molecule has 0 radical (unpaired) electrons. The van der Waals surface area contributed by atoms with Crippen molar-refractivity contribution in [2.75, 3.05) is 5.50 Å². The lowest BCUT2D eigenvalue weighted by Gasteiger charge is -2.33. The van der Waals surface area contributed by atoms with Gasteiger partial charge in [0, 0.05) is 5.50 Å². The molecule has 0 rings (SSSR count). The molecule has 10 heavy (non-hydrogen) atoms. The van der Waals surface area contributed by atoms with Crippen LogP contribution >= 0.6 is 11.6 Å². The molecule has 0 aliphatic heterocycles. The van der Waals surface area contributed by atoms with Crippen LogP contribution in [-0.2, 0) is 0 Å². The predicted molar refractivity (Wildman–Crippen MR) is 52.5 cm³/mol. The van der Waals surface area contributed by atoms with Crippen LogP contribution < -0.4 is 0 Å². The third kappa shape index (κ3) is 1.99. The highest BCUT2D eigenvalue weighted by Crippen LogP contribution is 2.32. The van der Waals surface area contributed by atoms with Gasteiger partial charge in [-0.15, -0.1) is 11.6 Å². The highest BCUT2D eigenvalue weighted by Gasteiger charge is 2.33. The fourth-order valence-corrected chi connectivity index (χ4v) is 4.78. The smallest absolute Gasteiger partial charge is 0.0720 e. The van der Waals surface area contributed by atoms with E-state index in [0.717, 1.165) is 16.6 Å². The van der Waals surface area contributed by atoms with Crippen molar-refractivity contribution < 1.29 is 0 Å². The van der Waals surface area contributed by atoms with Gasteiger partial charge in [-0.25, -0.2) is 0 Å². The Morgan fingerprint density at radius 2 is 1.40 bits per heavy atom. The minimum absolute atomic E-state index is 0.810. The van der Waals surface area contributed by atoms with Gasteiger partial charge in [-0.1, -0.05) is 34.2 Å². The van der Waals surface area contributed by atoms with Gasteiger partial charge in [0.2, 0.25) is 0 Å². The van der Waals surface area contributed by atoms with Crippen molar-refractivity contribution in [1.29, 1.82) is 0 Å². The molecule has 0 atom stereocenters. The van der Waals surface area contributed by atoms with Crippen molar-refractivity contribution >= 4 is 19.7 Å². The topological polar surface area (TPSA) is 0 Å². The summed E-state index contributed by atoms with van der Waals surface area (Å²) in [7, 11) is -1.11. The van der Waals surface area contributed by atoms with Gasteiger partial charge in [-0.3, -0.25) is 0 Å². The second-order valence-electron chi connectivity index (χ2n) is 3.95. The number of hydrogen-bond donors (Lipinski definition) is 0. The quantitative estimate of drug-likeness (QED) is 0.457. The van der Waals surface area contributed by atoms with Gasteiger partial charge in [0.25, 0.3) is 0 Å². The minimum atomic E-state index is -1.11. The molecule has 62 valence electrons. The van der Waals surface area contributed by atoms with E-state index in [-0.39, 0.29) is 0 Å². The van der Waals surface area contributed by atoms with E-state index in [1.807, 2.05) is 0 Å². The van der Waals surface area contributed by atoms with Gasteiger partial charge in [0.05, 0.1) is 8.07 Å². The average molecular weight is 179 g/mol. The zero-order valence-corrected chi connectivity index (χ0v) is 9.50. The summed E-state index contributed by atoms with van der Waals surface area (Å²) >= 11 is 5.96. The van der Waals surface area contributed by atoms with Crippen molar-refractivity contribution in [3.8, 4) is 0 Å². The SMILES string of the molecule is CC(C)[Si](C)(CCl)C(C)C. The summed E-state index contributed by atoms with van der Waals surface area (Å²) in [5.41, 5.74) is 2.53. The maximum atomic E-state index is 5.96. The fourth-order valence-electron chi connectivity index (χ4n) is 0.975. The predicted octanol–water partition coefficient (Wildman–Crippen LogP) is 3.66. The fraction of sp³-hybridized carbons (Fsp3) is 1.00. The molecule has 0 fully saturated rings. The molecule has 0 aromatic heterocycles. The first kappa shape index (κ1) is 10.5. The van der Waals surface area contributed by atoms with Crippen LogP contribution in [0.25, 0.3) is 0 Å². The zero-order valence-electron chi connectivity index (χ0n) is 7.74. The second kappa shape index (κ2) is 3.77. The highest BCUT2D eigenvalue weighted by molar-refractivity contribution is 6.86. The lowest BCUT2D eigenvalue weighted by Crippen LogP contribution is -2.39. The van der Waals surface area contributed by atoms with Gasteiger partial charge >= 0.3 is 0 Å². The van der Waals surface area contributed by atoms with E-state index in [1.165, 1.54) is 0 Å². The van der Waals surface area contributed by atoms with Crippen molar-refractivity contribution in [3.63, 3.8) is 0 Å². The van der Waals surface area contributed by atoms with Crippen molar-refractivity contribution in [2.45, 2.75) is 45.3 Å². The molecule has 0 saturated carbocycles. The summed E-state index contributed by atoms with van der Waals surface area (Å²) in [6.07, 6.45) is 0. The molecular formula is C8H19ClSi. The standard InChI is InChI=1S/C8H19ClSi/c1-7(2)10(5,6-9)8(3)4/h7-8H,6H2,1-5H3. The Morgan fingerprint density at radius 1 is 1.10 bits per heavy atom. The number of alkyl halides is 1. The van der Waals surface area contributed by atoms with Crippen molar-refractivity contribution in [3.05, 3.63) is 0 Å². The third-order valence-corrected chi connectivity index (χ3v) is 10.5. The largest absolute Gasteiger partial charge is 0.130 e. The molecule has 0 N–H and O–H groups in total. The molecule has 0 aliphatic carbocycles. The molecule has 0 aromatic rings. The van der Waals surface area contributed by atoms with Crippen LogP contribution in [0.2, 0.25) is 17.6 Å². The van der Waals surface area contributed by atoms with Crippen LogP contribution in [0, 0.1) is 0 Å². The molecule has 0 saturated heterocycles. The summed E-state index contributed by atoms with van der Waals surface area (Å²) in [5, 5.41) is 0. The Balaban J connectivity index is 4.23. The maximum absolute atomic E-state index is 5.96. The summed E-state index contributed by atoms with van der Waals surface area (Å²) < 4.78 is 0. The number of halogens is 1. The van der Waals surface area contributed by atoms with Crippen molar-refractivity contribution in [1.82, 2.24) is 0 Å². The van der Waals surface area contributed by atoms with Gasteiger partial charge in [0.1, 0.15) is 0 Å². The molecule has 0 unspecified atom stereocenters. The summed E-state index contributed by atoms with van der Waals surface area (Å²) in [6, 6.07) is 0. The molecule has 0 nitrogen and oxygen atoms in total. The van der Waals surface area contributed by atoms with Crippen LogP contribution in [0.15, 0.2) is 0 Å². The number of rotatable bonds is 3. The summed E-state index contributed by atoms with van der Waals surface area (Å²) in [6.45, 7) is 11.6. The van der Waals surface area contributed by atoms with Crippen LogP contribution in [-0.4, -0.2) is 13.6 Å². The maximum Gasteiger partial charge on any atom is 0.0720 e. The van der Waals surface area contributed by atoms with Gasteiger partial charge in [-0.2, -0.15) is 0 Å². The molecule has 0 heterocycles. The minimum Gasteiger partial charge on any atom is -0.130 e. The Morgan fingerprint density at radius 3 is 1.40 bits per heavy atom. The zero-order chi connectivity index (χ0) is 8.36. The first-order valence-corrected chi connectivity index (χ1v) is 7.40. The lowest BCUT2D eigenvalue weighted by atomic mass is 10.5. The average Bonchev–Trinajstić information content (AvgIpc) is 1.85. The second-order valence-corrected chi connectivity index (χ2v) is 10.3. The van der Waals surface area contributed by atoms with E-state index in [4.69, 9.17) is 11.6 Å². The van der Waals surface area contributed by atoms with E-state index >= 15 is 0 Å². The monoisotopic (exact) mass is 178 g/mol. The Kier molecular flexibility index (Phi) is 3.96. The van der Waals surface area contributed by atoms with Crippen LogP contribution in [0.1, 0.15) is 27.7 Å². The van der Waals surface area contributed by atoms with E-state index < -0.39 is 8.07 Å². The number of hydrogen-bond acceptors (Lipinski definition) is 0. The van der Waals surface area contributed by atoms with Crippen LogP contribution in [0.5, 0.6) is 0 Å². The molecule has 0 amide bonds. The first-order chi connectivity index (χ1) is 4.45. The highest BCUT2D eigenvalue weighted by atomic mass is 35.5. The van der Waals surface area contributed by atoms with E-state index in [0.29, 0.717) is 0 Å². The normalized spacial score (nSPS) is 13.2. The molecule has 0 aromatic carbocycles. The first-order valence-electron chi connectivity index (χ1n) is 4.01. The van der Waals surface area contributed by atoms with Gasteiger partial charge in [0.15, 0.2) is 0 Å².